The fourth-order valence-corrected chi connectivity index (χ4v) is 4.67. The SMILES string of the molecule is Cc1cc(-c2nc3c(Cl)cc4c(c3s2)OCCO4)c2ncn(C)c(=O)c2c1. The van der Waals surface area contributed by atoms with E-state index in [1.165, 1.54) is 22.2 Å². The van der Waals surface area contributed by atoms with Gasteiger partial charge in [0, 0.05) is 18.7 Å². The largest absolute Gasteiger partial charge is 0.486 e. The van der Waals surface area contributed by atoms with Crippen molar-refractivity contribution < 1.29 is 9.47 Å². The van der Waals surface area contributed by atoms with Gasteiger partial charge in [0.1, 0.15) is 28.4 Å². The van der Waals surface area contributed by atoms with Crippen LogP contribution in [0.1, 0.15) is 5.56 Å². The number of nitrogens with zero attached hydrogens (tertiary/aromatic N) is 3. The van der Waals surface area contributed by atoms with Gasteiger partial charge >= 0.3 is 0 Å². The molecule has 5 rings (SSSR count). The molecular weight excluding hydrogens is 386 g/mol. The highest BCUT2D eigenvalue weighted by atomic mass is 35.5. The summed E-state index contributed by atoms with van der Waals surface area (Å²) in [7, 11) is 1.69. The van der Waals surface area contributed by atoms with Crippen molar-refractivity contribution in [2.45, 2.75) is 6.92 Å². The Balaban J connectivity index is 1.83. The van der Waals surface area contributed by atoms with Crippen LogP contribution in [0, 0.1) is 6.92 Å². The summed E-state index contributed by atoms with van der Waals surface area (Å²) in [5.74, 6) is 1.31. The first-order chi connectivity index (χ1) is 13.0. The van der Waals surface area contributed by atoms with Gasteiger partial charge in [-0.2, -0.15) is 0 Å². The zero-order chi connectivity index (χ0) is 18.7. The van der Waals surface area contributed by atoms with E-state index < -0.39 is 0 Å². The summed E-state index contributed by atoms with van der Waals surface area (Å²) < 4.78 is 13.8. The van der Waals surface area contributed by atoms with Gasteiger partial charge in [-0.3, -0.25) is 4.79 Å². The molecule has 0 radical (unpaired) electrons. The maximum atomic E-state index is 12.5. The van der Waals surface area contributed by atoms with Crippen molar-refractivity contribution in [3.8, 4) is 22.1 Å². The molecule has 3 heterocycles. The molecule has 0 aliphatic carbocycles. The Morgan fingerprint density at radius 1 is 1.19 bits per heavy atom. The summed E-state index contributed by atoms with van der Waals surface area (Å²) in [5, 5.41) is 1.82. The Labute approximate surface area is 163 Å². The highest BCUT2D eigenvalue weighted by molar-refractivity contribution is 7.22. The third kappa shape index (κ3) is 2.49. The number of benzene rings is 2. The van der Waals surface area contributed by atoms with Crippen molar-refractivity contribution >= 4 is 44.1 Å². The van der Waals surface area contributed by atoms with Crippen LogP contribution in [-0.4, -0.2) is 27.7 Å². The minimum absolute atomic E-state index is 0.0850. The summed E-state index contributed by atoms with van der Waals surface area (Å²) in [6.07, 6.45) is 1.53. The molecule has 0 saturated carbocycles. The number of fused-ring (bicyclic) bond motifs is 4. The van der Waals surface area contributed by atoms with Crippen molar-refractivity contribution in [2.75, 3.05) is 13.2 Å². The van der Waals surface area contributed by atoms with Crippen LogP contribution in [0.4, 0.5) is 0 Å². The first kappa shape index (κ1) is 16.5. The van der Waals surface area contributed by atoms with Crippen LogP contribution in [0.25, 0.3) is 31.7 Å². The standard InChI is InChI=1S/C19H14ClN3O3S/c1-9-5-10(14-11(6-9)19(24)23(2)8-21-14)18-22-15-12(20)7-13-16(17(15)27-18)26-4-3-25-13/h5-8H,3-4H2,1-2H3. The van der Waals surface area contributed by atoms with E-state index in [9.17, 15) is 4.79 Å². The normalized spacial score (nSPS) is 13.4. The van der Waals surface area contributed by atoms with Gasteiger partial charge in [-0.05, 0) is 24.6 Å². The Bertz CT molecular complexity index is 1300. The molecule has 0 atom stereocenters. The second kappa shape index (κ2) is 5.94. The number of thiazole rings is 1. The molecule has 0 fully saturated rings. The summed E-state index contributed by atoms with van der Waals surface area (Å²) in [5.41, 5.74) is 2.99. The molecule has 0 bridgehead atoms. The number of halogens is 1. The molecule has 136 valence electrons. The van der Waals surface area contributed by atoms with E-state index in [-0.39, 0.29) is 5.56 Å². The van der Waals surface area contributed by atoms with Gasteiger partial charge in [0.25, 0.3) is 5.56 Å². The number of hydrogen-bond acceptors (Lipinski definition) is 6. The smallest absolute Gasteiger partial charge is 0.260 e. The molecule has 1 aliphatic rings. The van der Waals surface area contributed by atoms with Crippen molar-refractivity contribution in [3.05, 3.63) is 45.5 Å². The van der Waals surface area contributed by atoms with E-state index in [0.717, 1.165) is 20.8 Å². The molecule has 8 heteroatoms. The summed E-state index contributed by atoms with van der Waals surface area (Å²) >= 11 is 7.89. The van der Waals surface area contributed by atoms with Crippen LogP contribution in [-0.2, 0) is 7.05 Å². The van der Waals surface area contributed by atoms with Crippen LogP contribution >= 0.6 is 22.9 Å². The lowest BCUT2D eigenvalue weighted by molar-refractivity contribution is 0.174. The topological polar surface area (TPSA) is 66.2 Å². The minimum atomic E-state index is -0.0850. The average molecular weight is 400 g/mol. The van der Waals surface area contributed by atoms with E-state index in [4.69, 9.17) is 26.1 Å². The van der Waals surface area contributed by atoms with Gasteiger partial charge in [-0.15, -0.1) is 11.3 Å². The van der Waals surface area contributed by atoms with Crippen molar-refractivity contribution in [2.24, 2.45) is 7.05 Å². The zero-order valence-corrected chi connectivity index (χ0v) is 16.1. The van der Waals surface area contributed by atoms with E-state index in [2.05, 4.69) is 4.98 Å². The number of aromatic nitrogens is 3. The molecule has 1 aliphatic heterocycles. The molecule has 27 heavy (non-hydrogen) atoms. The monoisotopic (exact) mass is 399 g/mol. The molecule has 0 amide bonds. The number of aryl methyl sites for hydroxylation is 2. The molecule has 6 nitrogen and oxygen atoms in total. The lowest BCUT2D eigenvalue weighted by Crippen LogP contribution is -2.17. The third-order valence-electron chi connectivity index (χ3n) is 4.52. The maximum absolute atomic E-state index is 12.5. The second-order valence-corrected chi connectivity index (χ2v) is 7.85. The first-order valence-corrected chi connectivity index (χ1v) is 9.57. The van der Waals surface area contributed by atoms with Gasteiger partial charge in [-0.1, -0.05) is 11.6 Å². The van der Waals surface area contributed by atoms with Gasteiger partial charge in [0.2, 0.25) is 0 Å². The van der Waals surface area contributed by atoms with E-state index in [1.54, 1.807) is 13.1 Å². The van der Waals surface area contributed by atoms with Crippen LogP contribution in [0.15, 0.2) is 29.3 Å². The molecule has 0 spiro atoms. The van der Waals surface area contributed by atoms with Crippen molar-refractivity contribution in [1.29, 1.82) is 0 Å². The number of rotatable bonds is 1. The van der Waals surface area contributed by atoms with Crippen LogP contribution in [0.2, 0.25) is 5.02 Å². The lowest BCUT2D eigenvalue weighted by atomic mass is 10.1. The fraction of sp³-hybridized carbons (Fsp3) is 0.211. The van der Waals surface area contributed by atoms with Crippen LogP contribution < -0.4 is 15.0 Å². The van der Waals surface area contributed by atoms with Crippen molar-refractivity contribution in [1.82, 2.24) is 14.5 Å². The zero-order valence-electron chi connectivity index (χ0n) is 14.6. The average Bonchev–Trinajstić information content (AvgIpc) is 3.11. The summed E-state index contributed by atoms with van der Waals surface area (Å²) in [6.45, 7) is 2.94. The highest BCUT2D eigenvalue weighted by Gasteiger charge is 2.22. The maximum Gasteiger partial charge on any atom is 0.260 e. The fourth-order valence-electron chi connectivity index (χ4n) is 3.28. The Morgan fingerprint density at radius 3 is 2.85 bits per heavy atom. The summed E-state index contributed by atoms with van der Waals surface area (Å²) in [4.78, 5) is 21.7. The lowest BCUT2D eigenvalue weighted by Gasteiger charge is -2.18. The molecule has 4 aromatic rings. The molecule has 0 N–H and O–H groups in total. The second-order valence-electron chi connectivity index (χ2n) is 6.45. The molecular formula is C19H14ClN3O3S. The van der Waals surface area contributed by atoms with E-state index >= 15 is 0 Å². The number of hydrogen-bond donors (Lipinski definition) is 0. The molecule has 2 aromatic carbocycles. The van der Waals surface area contributed by atoms with E-state index in [1.807, 2.05) is 19.1 Å². The van der Waals surface area contributed by atoms with Gasteiger partial charge < -0.3 is 14.0 Å². The molecule has 0 saturated heterocycles. The summed E-state index contributed by atoms with van der Waals surface area (Å²) in [6, 6.07) is 5.59. The van der Waals surface area contributed by atoms with Crippen LogP contribution in [0.3, 0.4) is 0 Å². The Morgan fingerprint density at radius 2 is 2.00 bits per heavy atom. The Hall–Kier alpha value is -2.64. The predicted molar refractivity (Wildman–Crippen MR) is 106 cm³/mol. The van der Waals surface area contributed by atoms with Gasteiger partial charge in [-0.25, -0.2) is 9.97 Å². The Kier molecular flexibility index (Phi) is 3.63. The predicted octanol–water partition coefficient (Wildman–Crippen LogP) is 3.94. The van der Waals surface area contributed by atoms with Gasteiger partial charge in [0.15, 0.2) is 11.5 Å². The first-order valence-electron chi connectivity index (χ1n) is 8.38. The quantitative estimate of drug-likeness (QED) is 0.485. The van der Waals surface area contributed by atoms with E-state index in [0.29, 0.717) is 46.2 Å². The molecule has 0 unspecified atom stereocenters. The number of ether oxygens (including phenoxy) is 2. The van der Waals surface area contributed by atoms with Crippen LogP contribution in [0.5, 0.6) is 11.5 Å². The highest BCUT2D eigenvalue weighted by Crippen LogP contribution is 2.46. The minimum Gasteiger partial charge on any atom is -0.486 e. The molecule has 2 aromatic heterocycles. The third-order valence-corrected chi connectivity index (χ3v) is 5.90. The van der Waals surface area contributed by atoms with Gasteiger partial charge in [0.05, 0.1) is 22.3 Å². The van der Waals surface area contributed by atoms with Crippen molar-refractivity contribution in [3.63, 3.8) is 0 Å².